The fraction of sp³-hybridized carbons (Fsp3) is 0.471. The molecule has 0 spiro atoms. The van der Waals surface area contributed by atoms with Gasteiger partial charge < -0.3 is 9.42 Å². The summed E-state index contributed by atoms with van der Waals surface area (Å²) in [6.45, 7) is 6.68. The van der Waals surface area contributed by atoms with Crippen LogP contribution in [0.4, 0.5) is 0 Å². The summed E-state index contributed by atoms with van der Waals surface area (Å²) < 4.78 is 6.46. The van der Waals surface area contributed by atoms with Gasteiger partial charge >= 0.3 is 0 Å². The molecule has 0 saturated carbocycles. The number of amides is 1. The van der Waals surface area contributed by atoms with Gasteiger partial charge in [-0.2, -0.15) is 4.98 Å². The normalized spacial score (nSPS) is 18.7. The highest BCUT2D eigenvalue weighted by atomic mass is 79.9. The molecule has 122 valence electrons. The van der Waals surface area contributed by atoms with E-state index in [4.69, 9.17) is 4.52 Å². The summed E-state index contributed by atoms with van der Waals surface area (Å²) in [4.78, 5) is 18.6. The van der Waals surface area contributed by atoms with Gasteiger partial charge in [-0.25, -0.2) is 0 Å². The van der Waals surface area contributed by atoms with E-state index >= 15 is 0 Å². The SMILES string of the molecule is CC(C)(C)c1noc(C2CCC(=O)N2Cc2cccc(Br)c2)n1. The molecule has 5 nitrogen and oxygen atoms in total. The van der Waals surface area contributed by atoms with Gasteiger partial charge in [0.1, 0.15) is 6.04 Å². The second-order valence-corrected chi connectivity index (χ2v) is 7.83. The summed E-state index contributed by atoms with van der Waals surface area (Å²) in [6.07, 6.45) is 1.24. The van der Waals surface area contributed by atoms with E-state index in [-0.39, 0.29) is 17.4 Å². The van der Waals surface area contributed by atoms with Gasteiger partial charge in [-0.3, -0.25) is 4.79 Å². The molecule has 2 aromatic rings. The molecule has 2 heterocycles. The van der Waals surface area contributed by atoms with Crippen molar-refractivity contribution in [3.05, 3.63) is 46.0 Å². The van der Waals surface area contributed by atoms with Gasteiger partial charge in [-0.15, -0.1) is 0 Å². The van der Waals surface area contributed by atoms with Crippen LogP contribution < -0.4 is 0 Å². The van der Waals surface area contributed by atoms with Crippen molar-refractivity contribution in [1.82, 2.24) is 15.0 Å². The fourth-order valence-corrected chi connectivity index (χ4v) is 3.14. The quantitative estimate of drug-likeness (QED) is 0.810. The monoisotopic (exact) mass is 377 g/mol. The van der Waals surface area contributed by atoms with E-state index in [0.717, 1.165) is 16.5 Å². The first-order chi connectivity index (χ1) is 10.8. The van der Waals surface area contributed by atoms with Crippen molar-refractivity contribution in [2.24, 2.45) is 0 Å². The Bertz CT molecular complexity index is 721. The van der Waals surface area contributed by atoms with Crippen LogP contribution in [0.25, 0.3) is 0 Å². The minimum Gasteiger partial charge on any atom is -0.337 e. The number of likely N-dealkylation sites (tertiary alicyclic amines) is 1. The van der Waals surface area contributed by atoms with E-state index in [9.17, 15) is 4.79 Å². The Labute approximate surface area is 144 Å². The van der Waals surface area contributed by atoms with Crippen LogP contribution >= 0.6 is 15.9 Å². The minimum absolute atomic E-state index is 0.130. The Morgan fingerprint density at radius 2 is 2.17 bits per heavy atom. The molecule has 1 aliphatic rings. The lowest BCUT2D eigenvalue weighted by Gasteiger charge is -2.22. The lowest BCUT2D eigenvalue weighted by atomic mass is 9.96. The van der Waals surface area contributed by atoms with Crippen LogP contribution in [-0.2, 0) is 16.8 Å². The summed E-state index contributed by atoms with van der Waals surface area (Å²) in [6, 6.07) is 7.85. The van der Waals surface area contributed by atoms with Crippen molar-refractivity contribution in [1.29, 1.82) is 0 Å². The van der Waals surface area contributed by atoms with E-state index in [1.807, 2.05) is 49.9 Å². The van der Waals surface area contributed by atoms with Gasteiger partial charge in [0.2, 0.25) is 11.8 Å². The third-order valence-corrected chi connectivity index (χ3v) is 4.46. The van der Waals surface area contributed by atoms with Crippen LogP contribution in [-0.4, -0.2) is 20.9 Å². The molecule has 1 atom stereocenters. The van der Waals surface area contributed by atoms with Gasteiger partial charge in [-0.05, 0) is 24.1 Å². The van der Waals surface area contributed by atoms with Crippen LogP contribution in [0, 0.1) is 0 Å². The zero-order valence-electron chi connectivity index (χ0n) is 13.5. The smallest absolute Gasteiger partial charge is 0.249 e. The topological polar surface area (TPSA) is 59.2 Å². The maximum atomic E-state index is 12.3. The molecule has 0 aliphatic carbocycles. The second kappa shape index (κ2) is 6.07. The van der Waals surface area contributed by atoms with Gasteiger partial charge in [-0.1, -0.05) is 54.0 Å². The van der Waals surface area contributed by atoms with E-state index < -0.39 is 0 Å². The average Bonchev–Trinajstić information content (AvgIpc) is 3.07. The lowest BCUT2D eigenvalue weighted by molar-refractivity contribution is -0.129. The van der Waals surface area contributed by atoms with Crippen molar-refractivity contribution in [2.45, 2.75) is 51.6 Å². The third kappa shape index (κ3) is 3.47. The summed E-state index contributed by atoms with van der Waals surface area (Å²) in [5.41, 5.74) is 0.912. The molecule has 1 amide bonds. The summed E-state index contributed by atoms with van der Waals surface area (Å²) >= 11 is 3.47. The predicted molar refractivity (Wildman–Crippen MR) is 89.7 cm³/mol. The minimum atomic E-state index is -0.167. The van der Waals surface area contributed by atoms with Crippen molar-refractivity contribution >= 4 is 21.8 Å². The Kier molecular flexibility index (Phi) is 4.27. The highest BCUT2D eigenvalue weighted by Gasteiger charge is 2.36. The van der Waals surface area contributed by atoms with Gasteiger partial charge in [0, 0.05) is 22.9 Å². The summed E-state index contributed by atoms with van der Waals surface area (Å²) in [5.74, 6) is 1.34. The van der Waals surface area contributed by atoms with E-state index in [1.165, 1.54) is 0 Å². The highest BCUT2D eigenvalue weighted by Crippen LogP contribution is 2.34. The number of aromatic nitrogens is 2. The second-order valence-electron chi connectivity index (χ2n) is 6.91. The highest BCUT2D eigenvalue weighted by molar-refractivity contribution is 9.10. The van der Waals surface area contributed by atoms with Crippen molar-refractivity contribution in [2.75, 3.05) is 0 Å². The van der Waals surface area contributed by atoms with Gasteiger partial charge in [0.15, 0.2) is 5.82 Å². The number of halogens is 1. The molecule has 1 aliphatic heterocycles. The number of nitrogens with zero attached hydrogens (tertiary/aromatic N) is 3. The molecule has 1 aromatic heterocycles. The largest absolute Gasteiger partial charge is 0.337 e. The molecule has 1 aromatic carbocycles. The first-order valence-electron chi connectivity index (χ1n) is 7.72. The average molecular weight is 378 g/mol. The van der Waals surface area contributed by atoms with Crippen LogP contribution in [0.2, 0.25) is 0 Å². The molecule has 3 rings (SSSR count). The number of rotatable bonds is 3. The van der Waals surface area contributed by atoms with Crippen LogP contribution in [0.1, 0.15) is 56.9 Å². The summed E-state index contributed by atoms with van der Waals surface area (Å²) in [7, 11) is 0. The molecule has 0 radical (unpaired) electrons. The number of carbonyl (C=O) groups excluding carboxylic acids is 1. The van der Waals surface area contributed by atoms with E-state index in [2.05, 4.69) is 26.1 Å². The Balaban J connectivity index is 1.84. The van der Waals surface area contributed by atoms with Crippen molar-refractivity contribution in [3.8, 4) is 0 Å². The standard InChI is InChI=1S/C17H20BrN3O2/c1-17(2,3)16-19-15(23-20-16)13-7-8-14(22)21(13)10-11-5-4-6-12(18)9-11/h4-6,9,13H,7-8,10H2,1-3H3. The van der Waals surface area contributed by atoms with Crippen LogP contribution in [0.15, 0.2) is 33.3 Å². The third-order valence-electron chi connectivity index (χ3n) is 3.97. The molecule has 0 bridgehead atoms. The molecule has 23 heavy (non-hydrogen) atoms. The van der Waals surface area contributed by atoms with Crippen molar-refractivity contribution in [3.63, 3.8) is 0 Å². The van der Waals surface area contributed by atoms with Crippen LogP contribution in [0.5, 0.6) is 0 Å². The first kappa shape index (κ1) is 16.2. The van der Waals surface area contributed by atoms with Crippen LogP contribution in [0.3, 0.4) is 0 Å². The molecular weight excluding hydrogens is 358 g/mol. The Morgan fingerprint density at radius 1 is 1.39 bits per heavy atom. The maximum absolute atomic E-state index is 12.3. The Morgan fingerprint density at radius 3 is 2.83 bits per heavy atom. The van der Waals surface area contributed by atoms with Gasteiger partial charge in [0.25, 0.3) is 0 Å². The number of hydrogen-bond acceptors (Lipinski definition) is 4. The zero-order chi connectivity index (χ0) is 16.6. The molecule has 1 saturated heterocycles. The number of carbonyl (C=O) groups is 1. The van der Waals surface area contributed by atoms with Crippen molar-refractivity contribution < 1.29 is 9.32 Å². The van der Waals surface area contributed by atoms with E-state index in [0.29, 0.717) is 24.7 Å². The zero-order valence-corrected chi connectivity index (χ0v) is 15.1. The molecule has 1 unspecified atom stereocenters. The fourth-order valence-electron chi connectivity index (χ4n) is 2.70. The molecule has 1 fully saturated rings. The number of benzene rings is 1. The summed E-state index contributed by atoms with van der Waals surface area (Å²) in [5, 5.41) is 4.08. The lowest BCUT2D eigenvalue weighted by Crippen LogP contribution is -2.27. The first-order valence-corrected chi connectivity index (χ1v) is 8.52. The predicted octanol–water partition coefficient (Wildman–Crippen LogP) is 3.99. The van der Waals surface area contributed by atoms with Gasteiger partial charge in [0.05, 0.1) is 0 Å². The molecular formula is C17H20BrN3O2. The molecule has 6 heteroatoms. The molecule has 0 N–H and O–H groups in total. The Hall–Kier alpha value is -1.69. The van der Waals surface area contributed by atoms with E-state index in [1.54, 1.807) is 0 Å². The number of hydrogen-bond donors (Lipinski definition) is 0. The maximum Gasteiger partial charge on any atom is 0.249 e.